The van der Waals surface area contributed by atoms with Crippen LogP contribution in [-0.2, 0) is 32.6 Å². The minimum absolute atomic E-state index is 0.0754. The second-order valence-corrected chi connectivity index (χ2v) is 7.63. The predicted octanol–water partition coefficient (Wildman–Crippen LogP) is 2.52. The van der Waals surface area contributed by atoms with Crippen molar-refractivity contribution in [2.24, 2.45) is 13.0 Å². The predicted molar refractivity (Wildman–Crippen MR) is 113 cm³/mol. The Balaban J connectivity index is 1.63. The van der Waals surface area contributed by atoms with E-state index in [4.69, 9.17) is 4.74 Å². The lowest BCUT2D eigenvalue weighted by molar-refractivity contribution is -0.157. The molecule has 0 saturated carbocycles. The molecular weight excluding hydrogens is 384 g/mol. The van der Waals surface area contributed by atoms with Gasteiger partial charge < -0.3 is 15.0 Å². The molecule has 2 aromatic rings. The van der Waals surface area contributed by atoms with Crippen molar-refractivity contribution < 1.29 is 19.1 Å². The minimum Gasteiger partial charge on any atom is -0.452 e. The Morgan fingerprint density at radius 1 is 1.30 bits per heavy atom. The number of hydrogen-bond acceptors (Lipinski definition) is 5. The Morgan fingerprint density at radius 3 is 2.63 bits per heavy atom. The highest BCUT2D eigenvalue weighted by molar-refractivity contribution is 6.01. The average molecular weight is 412 g/mol. The van der Waals surface area contributed by atoms with Crippen molar-refractivity contribution in [3.63, 3.8) is 0 Å². The maximum absolute atomic E-state index is 12.6. The summed E-state index contributed by atoms with van der Waals surface area (Å²) in [5.41, 5.74) is 3.99. The number of carbonyl (C=O) groups is 3. The Bertz CT molecular complexity index is 982. The average Bonchev–Trinajstić information content (AvgIpc) is 3.22. The Kier molecular flexibility index (Phi) is 6.24. The largest absolute Gasteiger partial charge is 0.452 e. The van der Waals surface area contributed by atoms with E-state index in [0.29, 0.717) is 11.4 Å². The molecule has 2 heterocycles. The molecule has 1 aromatic heterocycles. The molecule has 1 aliphatic rings. The summed E-state index contributed by atoms with van der Waals surface area (Å²) in [6.45, 7) is 7.45. The fraction of sp³-hybridized carbons (Fsp3) is 0.455. The maximum Gasteiger partial charge on any atom is 0.312 e. The summed E-state index contributed by atoms with van der Waals surface area (Å²) in [6, 6.07) is 7.67. The number of rotatable bonds is 6. The molecule has 0 aliphatic carbocycles. The molecule has 0 bridgehead atoms. The summed E-state index contributed by atoms with van der Waals surface area (Å²) >= 11 is 0. The molecule has 8 heteroatoms. The summed E-state index contributed by atoms with van der Waals surface area (Å²) in [7, 11) is 1.79. The van der Waals surface area contributed by atoms with Crippen LogP contribution < -0.4 is 10.2 Å². The van der Waals surface area contributed by atoms with Crippen molar-refractivity contribution in [1.82, 2.24) is 9.78 Å². The first-order chi connectivity index (χ1) is 14.2. The van der Waals surface area contributed by atoms with Gasteiger partial charge in [0, 0.05) is 25.7 Å². The summed E-state index contributed by atoms with van der Waals surface area (Å²) in [5.74, 6) is -1.68. The van der Waals surface area contributed by atoms with E-state index < -0.39 is 23.9 Å². The third kappa shape index (κ3) is 4.22. The summed E-state index contributed by atoms with van der Waals surface area (Å²) in [6.07, 6.45) is -0.116. The lowest BCUT2D eigenvalue weighted by Gasteiger charge is -2.20. The number of anilines is 2. The highest BCUT2D eigenvalue weighted by Crippen LogP contribution is 2.29. The van der Waals surface area contributed by atoms with Gasteiger partial charge in [0.1, 0.15) is 0 Å². The van der Waals surface area contributed by atoms with Gasteiger partial charge in [-0.1, -0.05) is 25.1 Å². The zero-order chi connectivity index (χ0) is 22.0. The molecule has 2 atom stereocenters. The quantitative estimate of drug-likeness (QED) is 0.736. The van der Waals surface area contributed by atoms with Gasteiger partial charge in [0.05, 0.1) is 23.0 Å². The summed E-state index contributed by atoms with van der Waals surface area (Å²) in [5, 5.41) is 7.03. The van der Waals surface area contributed by atoms with Gasteiger partial charge in [0.2, 0.25) is 5.91 Å². The lowest BCUT2D eigenvalue weighted by Crippen LogP contribution is -2.33. The van der Waals surface area contributed by atoms with E-state index in [1.165, 1.54) is 6.92 Å². The fourth-order valence-electron chi connectivity index (χ4n) is 3.67. The topological polar surface area (TPSA) is 93.5 Å². The van der Waals surface area contributed by atoms with Crippen LogP contribution in [0.1, 0.15) is 37.2 Å². The van der Waals surface area contributed by atoms with Gasteiger partial charge in [0.25, 0.3) is 5.91 Å². The number of esters is 1. The monoisotopic (exact) mass is 412 g/mol. The zero-order valence-electron chi connectivity index (χ0n) is 18.1. The highest BCUT2D eigenvalue weighted by atomic mass is 16.5. The van der Waals surface area contributed by atoms with E-state index in [1.54, 1.807) is 23.6 Å². The number of nitrogens with zero attached hydrogens (tertiary/aromatic N) is 3. The van der Waals surface area contributed by atoms with Crippen molar-refractivity contribution in [2.75, 3.05) is 16.8 Å². The molecule has 160 valence electrons. The van der Waals surface area contributed by atoms with Crippen molar-refractivity contribution in [2.45, 2.75) is 46.6 Å². The number of carbonyl (C=O) groups excluding carboxylic acids is 3. The number of hydrogen-bond donors (Lipinski definition) is 1. The van der Waals surface area contributed by atoms with E-state index in [-0.39, 0.29) is 18.9 Å². The molecule has 0 spiro atoms. The Labute approximate surface area is 176 Å². The zero-order valence-corrected chi connectivity index (χ0v) is 18.1. The van der Waals surface area contributed by atoms with Crippen LogP contribution >= 0.6 is 0 Å². The standard InChI is InChI=1S/C22H28N4O4/c1-6-16-9-7-8-10-18(16)26-12-17(11-19(26)27)22(29)30-15(4)21(28)23-20-13(2)24-25(5)14(20)3/h7-10,15,17H,6,11-12H2,1-5H3,(H,23,28)/t15-,17+/m0/s1. The van der Waals surface area contributed by atoms with E-state index >= 15 is 0 Å². The third-order valence-electron chi connectivity index (χ3n) is 5.54. The van der Waals surface area contributed by atoms with Gasteiger partial charge in [-0.05, 0) is 38.8 Å². The van der Waals surface area contributed by atoms with E-state index in [2.05, 4.69) is 10.4 Å². The molecular formula is C22H28N4O4. The second kappa shape index (κ2) is 8.69. The fourth-order valence-corrected chi connectivity index (χ4v) is 3.67. The minimum atomic E-state index is -0.983. The van der Waals surface area contributed by atoms with Crippen LogP contribution in [0.4, 0.5) is 11.4 Å². The molecule has 1 N–H and O–H groups in total. The van der Waals surface area contributed by atoms with Crippen molar-refractivity contribution in [1.29, 1.82) is 0 Å². The number of nitrogens with one attached hydrogen (secondary N) is 1. The van der Waals surface area contributed by atoms with E-state index in [0.717, 1.165) is 23.4 Å². The molecule has 8 nitrogen and oxygen atoms in total. The molecule has 30 heavy (non-hydrogen) atoms. The van der Waals surface area contributed by atoms with Gasteiger partial charge in [-0.15, -0.1) is 0 Å². The first-order valence-corrected chi connectivity index (χ1v) is 10.1. The highest BCUT2D eigenvalue weighted by Gasteiger charge is 2.38. The number of benzene rings is 1. The van der Waals surface area contributed by atoms with E-state index in [9.17, 15) is 14.4 Å². The lowest BCUT2D eigenvalue weighted by atomic mass is 10.1. The third-order valence-corrected chi connectivity index (χ3v) is 5.54. The summed E-state index contributed by atoms with van der Waals surface area (Å²) in [4.78, 5) is 39.3. The van der Waals surface area contributed by atoms with Crippen molar-refractivity contribution >= 4 is 29.2 Å². The van der Waals surface area contributed by atoms with Crippen LogP contribution in [0.25, 0.3) is 0 Å². The number of para-hydroxylation sites is 1. The molecule has 0 unspecified atom stereocenters. The van der Waals surface area contributed by atoms with Crippen LogP contribution in [-0.4, -0.2) is 40.2 Å². The first kappa shape index (κ1) is 21.5. The number of aryl methyl sites for hydroxylation is 3. The van der Waals surface area contributed by atoms with Crippen LogP contribution in [0.15, 0.2) is 24.3 Å². The molecule has 1 aromatic carbocycles. The van der Waals surface area contributed by atoms with Crippen LogP contribution in [0.3, 0.4) is 0 Å². The Morgan fingerprint density at radius 2 is 2.00 bits per heavy atom. The van der Waals surface area contributed by atoms with Crippen molar-refractivity contribution in [3.05, 3.63) is 41.2 Å². The smallest absolute Gasteiger partial charge is 0.312 e. The van der Waals surface area contributed by atoms with Gasteiger partial charge in [0.15, 0.2) is 6.10 Å². The molecule has 3 rings (SSSR count). The second-order valence-electron chi connectivity index (χ2n) is 7.63. The maximum atomic E-state index is 12.6. The normalized spacial score (nSPS) is 17.2. The van der Waals surface area contributed by atoms with Crippen LogP contribution in [0.5, 0.6) is 0 Å². The number of ether oxygens (including phenoxy) is 1. The molecule has 1 aliphatic heterocycles. The van der Waals surface area contributed by atoms with Gasteiger partial charge in [-0.2, -0.15) is 5.10 Å². The first-order valence-electron chi connectivity index (χ1n) is 10.1. The van der Waals surface area contributed by atoms with Gasteiger partial charge in [-0.3, -0.25) is 19.1 Å². The number of aromatic nitrogens is 2. The van der Waals surface area contributed by atoms with Crippen LogP contribution in [0.2, 0.25) is 0 Å². The van der Waals surface area contributed by atoms with E-state index in [1.807, 2.05) is 38.1 Å². The van der Waals surface area contributed by atoms with Gasteiger partial charge in [-0.25, -0.2) is 0 Å². The van der Waals surface area contributed by atoms with Crippen molar-refractivity contribution in [3.8, 4) is 0 Å². The molecule has 1 saturated heterocycles. The SMILES string of the molecule is CCc1ccccc1N1C[C@H](C(=O)O[C@@H](C)C(=O)Nc2c(C)nn(C)c2C)CC1=O. The van der Waals surface area contributed by atoms with Gasteiger partial charge >= 0.3 is 5.97 Å². The van der Waals surface area contributed by atoms with Crippen LogP contribution in [0, 0.1) is 19.8 Å². The number of amides is 2. The molecule has 2 amide bonds. The summed E-state index contributed by atoms with van der Waals surface area (Å²) < 4.78 is 7.06. The molecule has 1 fully saturated rings. The molecule has 0 radical (unpaired) electrons. The Hall–Kier alpha value is -3.16.